The van der Waals surface area contributed by atoms with Crippen LogP contribution in [-0.4, -0.2) is 73.9 Å². The highest BCUT2D eigenvalue weighted by molar-refractivity contribution is 6.15. The van der Waals surface area contributed by atoms with Crippen LogP contribution in [0.1, 0.15) is 11.1 Å². The van der Waals surface area contributed by atoms with Gasteiger partial charge in [-0.15, -0.1) is 0 Å². The highest BCUT2D eigenvalue weighted by atomic mass is 15.1. The Morgan fingerprint density at radius 3 is 0.717 bits per heavy atom. The van der Waals surface area contributed by atoms with Crippen LogP contribution >= 0.6 is 0 Å². The van der Waals surface area contributed by atoms with Crippen LogP contribution < -0.4 is 0 Å². The molecule has 7 aromatic heterocycles. The van der Waals surface area contributed by atoms with Crippen LogP contribution in [0, 0.1) is 22.7 Å². The first-order valence-electron chi connectivity index (χ1n) is 39.1. The summed E-state index contributed by atoms with van der Waals surface area (Å²) in [6.07, 6.45) is 1.76. The van der Waals surface area contributed by atoms with Crippen LogP contribution in [0.15, 0.2) is 370 Å². The van der Waals surface area contributed by atoms with E-state index in [4.69, 9.17) is 64.8 Å². The molecule has 0 aliphatic rings. The van der Waals surface area contributed by atoms with Crippen LogP contribution in [0.2, 0.25) is 0 Å². The highest BCUT2D eigenvalue weighted by Gasteiger charge is 2.29. The van der Waals surface area contributed by atoms with Crippen molar-refractivity contribution >= 4 is 43.6 Å². The van der Waals surface area contributed by atoms with Gasteiger partial charge in [0.05, 0.1) is 62.4 Å². The quantitative estimate of drug-likeness (QED) is 0.0877. The molecular weight excluding hydrogens is 1480 g/mol. The van der Waals surface area contributed by atoms with Crippen LogP contribution in [0.25, 0.3) is 214 Å². The Kier molecular flexibility index (Phi) is 17.9. The third-order valence-corrected chi connectivity index (χ3v) is 21.4. The lowest BCUT2D eigenvalue weighted by atomic mass is 9.92. The van der Waals surface area contributed by atoms with Crippen LogP contribution in [0.5, 0.6) is 0 Å². The zero-order chi connectivity index (χ0) is 80.0. The molecule has 14 aromatic carbocycles. The first-order chi connectivity index (χ1) is 59.3. The molecule has 558 valence electrons. The predicted molar refractivity (Wildman–Crippen MR) is 472 cm³/mol. The van der Waals surface area contributed by atoms with E-state index < -0.39 is 0 Å². The third kappa shape index (κ3) is 13.2. The average Bonchev–Trinajstić information content (AvgIpc) is 1.73. The molecular formula is C103H61N17. The lowest BCUT2D eigenvalue weighted by Gasteiger charge is -2.22. The van der Waals surface area contributed by atoms with Gasteiger partial charge >= 0.3 is 0 Å². The summed E-state index contributed by atoms with van der Waals surface area (Å²) in [4.78, 5) is 67.6. The molecule has 21 aromatic rings. The van der Waals surface area contributed by atoms with E-state index in [-0.39, 0.29) is 0 Å². The summed E-state index contributed by atoms with van der Waals surface area (Å²) in [5, 5.41) is 26.3. The summed E-state index contributed by atoms with van der Waals surface area (Å²) < 4.78 is 4.50. The van der Waals surface area contributed by atoms with E-state index in [0.717, 1.165) is 110 Å². The molecule has 0 saturated heterocycles. The van der Waals surface area contributed by atoms with Gasteiger partial charge in [-0.1, -0.05) is 249 Å². The summed E-state index contributed by atoms with van der Waals surface area (Å²) in [7, 11) is 0. The lowest BCUT2D eigenvalue weighted by molar-refractivity contribution is 1.07. The molecule has 0 radical (unpaired) electrons. The number of pyridine rings is 1. The molecule has 0 spiro atoms. The number of hydrogen-bond donors (Lipinski definition) is 0. The number of nitrogens with zero attached hydrogens (tertiary/aromatic N) is 17. The number of benzene rings is 14. The first-order valence-corrected chi connectivity index (χ1v) is 39.1. The Morgan fingerprint density at radius 2 is 0.450 bits per heavy atom. The number of fused-ring (bicyclic) bond motifs is 6. The molecule has 0 saturated carbocycles. The molecule has 0 unspecified atom stereocenters. The number of nitriles is 2. The molecule has 21 rings (SSSR count). The van der Waals surface area contributed by atoms with Crippen molar-refractivity contribution in [1.29, 1.82) is 10.5 Å². The fourth-order valence-corrected chi connectivity index (χ4v) is 15.7. The van der Waals surface area contributed by atoms with Gasteiger partial charge in [0.2, 0.25) is 0 Å². The van der Waals surface area contributed by atoms with Gasteiger partial charge in [0.1, 0.15) is 0 Å². The van der Waals surface area contributed by atoms with Gasteiger partial charge in [-0.25, -0.2) is 59.8 Å². The van der Waals surface area contributed by atoms with E-state index in [0.29, 0.717) is 115 Å². The van der Waals surface area contributed by atoms with E-state index in [1.54, 1.807) is 6.20 Å². The molecule has 17 heteroatoms. The van der Waals surface area contributed by atoms with Crippen molar-refractivity contribution in [3.8, 4) is 183 Å². The van der Waals surface area contributed by atoms with E-state index in [2.05, 4.69) is 94.1 Å². The Morgan fingerprint density at radius 1 is 0.200 bits per heavy atom. The monoisotopic (exact) mass is 1540 g/mol. The zero-order valence-electron chi connectivity index (χ0n) is 63.8. The van der Waals surface area contributed by atoms with Crippen molar-refractivity contribution in [1.82, 2.24) is 73.9 Å². The summed E-state index contributed by atoms with van der Waals surface area (Å²) in [6.45, 7) is 0. The Bertz CT molecular complexity index is 7040. The molecule has 7 heterocycles. The van der Waals surface area contributed by atoms with Crippen LogP contribution in [0.3, 0.4) is 0 Å². The molecule has 0 amide bonds. The van der Waals surface area contributed by atoms with E-state index in [9.17, 15) is 10.5 Å². The van der Waals surface area contributed by atoms with Crippen molar-refractivity contribution in [3.63, 3.8) is 0 Å². The minimum Gasteiger partial charge on any atom is -0.309 e. The fourth-order valence-electron chi connectivity index (χ4n) is 15.7. The number of rotatable bonds is 16. The van der Waals surface area contributed by atoms with Crippen molar-refractivity contribution in [2.24, 2.45) is 0 Å². The Labute approximate surface area is 687 Å². The van der Waals surface area contributed by atoms with Crippen molar-refractivity contribution in [2.75, 3.05) is 0 Å². The molecule has 0 bridgehead atoms. The molecule has 0 fully saturated rings. The molecule has 0 aliphatic heterocycles. The van der Waals surface area contributed by atoms with Gasteiger partial charge in [-0.2, -0.15) is 10.5 Å². The average molecular weight is 1540 g/mol. The summed E-state index contributed by atoms with van der Waals surface area (Å²) in [5.41, 5.74) is 17.3. The maximum Gasteiger partial charge on any atom is 0.164 e. The van der Waals surface area contributed by atoms with Crippen molar-refractivity contribution < 1.29 is 0 Å². The maximum absolute atomic E-state index is 11.6. The first kappa shape index (κ1) is 70.7. The third-order valence-electron chi connectivity index (χ3n) is 21.4. The van der Waals surface area contributed by atoms with Gasteiger partial charge in [-0.05, 0) is 115 Å². The van der Waals surface area contributed by atoms with E-state index in [1.165, 1.54) is 0 Å². The zero-order valence-corrected chi connectivity index (χ0v) is 63.8. The second-order valence-corrected chi connectivity index (χ2v) is 28.8. The summed E-state index contributed by atoms with van der Waals surface area (Å²) >= 11 is 0. The van der Waals surface area contributed by atoms with Gasteiger partial charge in [0.15, 0.2) is 69.9 Å². The van der Waals surface area contributed by atoms with Crippen molar-refractivity contribution in [3.05, 3.63) is 381 Å². The normalized spacial score (nSPS) is 11.3. The molecule has 17 nitrogen and oxygen atoms in total. The topological polar surface area (TPSA) is 225 Å². The number of aromatic nitrogens is 15. The van der Waals surface area contributed by atoms with Gasteiger partial charge in [0.25, 0.3) is 0 Å². The smallest absolute Gasteiger partial charge is 0.164 e. The highest BCUT2D eigenvalue weighted by Crippen LogP contribution is 2.48. The van der Waals surface area contributed by atoms with Crippen molar-refractivity contribution in [2.45, 2.75) is 0 Å². The predicted octanol–water partition coefficient (Wildman–Crippen LogP) is 23.1. The van der Waals surface area contributed by atoms with Gasteiger partial charge < -0.3 is 9.13 Å². The largest absolute Gasteiger partial charge is 0.309 e. The molecule has 0 atom stereocenters. The van der Waals surface area contributed by atoms with Gasteiger partial charge in [-0.3, -0.25) is 4.98 Å². The van der Waals surface area contributed by atoms with E-state index >= 15 is 0 Å². The number of hydrogen-bond acceptors (Lipinski definition) is 15. The standard InChI is InChI=1S/C103H61N17/c104-62-64-44-49-86(119-87-50-45-74(100-111-92(66-27-9-1-10-28-66)107-93(112-100)67-29-11-2-12-30-67)58-79(87)80-59-75(46-51-88(80)119)101-113-94(68-31-13-3-14-32-68)108-95(114-101)69-33-15-4-16-34-69)78(55-64)83-56-65(63-105)57-84(85-43-25-26-54-106-85)91(83)120-89-52-47-76(102-115-96(70-35-17-5-18-36-70)109-97(116-102)71-37-19-6-20-38-71)60-81(89)82-61-77(48-53-90(82)120)103-117-98(72-39-21-7-22-40-72)110-99(118-103)73-41-23-8-24-42-73/h1-61H. The molecule has 0 N–H and O–H groups in total. The second-order valence-electron chi connectivity index (χ2n) is 28.8. The SMILES string of the molecule is N#Cc1ccc(-n2c3ccc(-c4nc(-c5ccccc5)nc(-c5ccccc5)n4)cc3c3cc(-c4nc(-c5ccccc5)nc(-c5ccccc5)n4)ccc32)c(-c2cc(C#N)cc(-c3ccccn3)c2-n2c3ccc(-c4nc(-c5ccccc5)nc(-c5ccccc5)n4)cc3c3cc(-c4nc(-c5ccccc5)nc(-c5ccccc5)n4)ccc32)c1. The Hall–Kier alpha value is -17.2. The van der Waals surface area contributed by atoms with Gasteiger partial charge in [0, 0.05) is 111 Å². The summed E-state index contributed by atoms with van der Waals surface area (Å²) in [6, 6.07) is 125. The lowest BCUT2D eigenvalue weighted by Crippen LogP contribution is -2.05. The molecule has 0 aliphatic carbocycles. The fraction of sp³-hybridized carbons (Fsp3) is 0. The minimum absolute atomic E-state index is 0.352. The van der Waals surface area contributed by atoms with E-state index in [1.807, 2.05) is 291 Å². The molecule has 120 heavy (non-hydrogen) atoms. The van der Waals surface area contributed by atoms with Crippen LogP contribution in [-0.2, 0) is 0 Å². The maximum atomic E-state index is 11.6. The minimum atomic E-state index is 0.352. The summed E-state index contributed by atoms with van der Waals surface area (Å²) in [5.74, 6) is 5.97. The second kappa shape index (κ2) is 30.3. The Balaban J connectivity index is 0.836. The van der Waals surface area contributed by atoms with Crippen LogP contribution in [0.4, 0.5) is 0 Å².